The van der Waals surface area contributed by atoms with Gasteiger partial charge in [-0.15, -0.1) is 0 Å². The summed E-state index contributed by atoms with van der Waals surface area (Å²) in [6.45, 7) is 3.01. The Morgan fingerprint density at radius 3 is 2.58 bits per heavy atom. The summed E-state index contributed by atoms with van der Waals surface area (Å²) < 4.78 is 7.60. The predicted molar refractivity (Wildman–Crippen MR) is 123 cm³/mol. The number of nitrogens with one attached hydrogen (secondary N) is 1. The molecule has 0 unspecified atom stereocenters. The Kier molecular flexibility index (Phi) is 6.34. The van der Waals surface area contributed by atoms with Gasteiger partial charge in [0, 0.05) is 11.8 Å². The number of ether oxygens (including phenoxy) is 1. The smallest absolute Gasteiger partial charge is 0.255 e. The predicted octanol–water partition coefficient (Wildman–Crippen LogP) is 5.72. The van der Waals surface area contributed by atoms with E-state index in [1.807, 2.05) is 73.8 Å². The van der Waals surface area contributed by atoms with Crippen LogP contribution >= 0.6 is 11.6 Å². The van der Waals surface area contributed by atoms with Crippen LogP contribution in [0, 0.1) is 6.92 Å². The number of anilines is 1. The van der Waals surface area contributed by atoms with E-state index in [9.17, 15) is 4.79 Å². The zero-order valence-electron chi connectivity index (χ0n) is 17.1. The van der Waals surface area contributed by atoms with Crippen molar-refractivity contribution < 1.29 is 9.53 Å². The number of hydrogen-bond donors (Lipinski definition) is 1. The van der Waals surface area contributed by atoms with Gasteiger partial charge in [0.1, 0.15) is 12.4 Å². The number of aromatic nitrogens is 2. The second kappa shape index (κ2) is 9.49. The van der Waals surface area contributed by atoms with Crippen molar-refractivity contribution >= 4 is 23.2 Å². The Balaban J connectivity index is 1.33. The second-order valence-corrected chi connectivity index (χ2v) is 7.69. The molecule has 0 bridgehead atoms. The third-order valence-corrected chi connectivity index (χ3v) is 5.09. The average molecular weight is 432 g/mol. The lowest BCUT2D eigenvalue weighted by molar-refractivity contribution is 0.102. The lowest BCUT2D eigenvalue weighted by Gasteiger charge is -2.09. The van der Waals surface area contributed by atoms with Crippen molar-refractivity contribution in [2.24, 2.45) is 0 Å². The Morgan fingerprint density at radius 2 is 1.81 bits per heavy atom. The van der Waals surface area contributed by atoms with Gasteiger partial charge in [0.2, 0.25) is 0 Å². The molecule has 156 valence electrons. The van der Waals surface area contributed by atoms with Crippen LogP contribution < -0.4 is 10.1 Å². The molecule has 31 heavy (non-hydrogen) atoms. The van der Waals surface area contributed by atoms with Crippen LogP contribution in [0.5, 0.6) is 5.75 Å². The molecule has 3 aromatic carbocycles. The van der Waals surface area contributed by atoms with E-state index in [0.29, 0.717) is 35.2 Å². The summed E-state index contributed by atoms with van der Waals surface area (Å²) >= 11 is 6.17. The first-order valence-corrected chi connectivity index (χ1v) is 10.3. The fourth-order valence-corrected chi connectivity index (χ4v) is 3.30. The largest absolute Gasteiger partial charge is 0.487 e. The van der Waals surface area contributed by atoms with Crippen LogP contribution in [-0.4, -0.2) is 15.7 Å². The van der Waals surface area contributed by atoms with Gasteiger partial charge in [-0.2, -0.15) is 5.10 Å². The molecule has 6 heteroatoms. The molecular formula is C25H22ClN3O2. The molecule has 0 saturated heterocycles. The monoisotopic (exact) mass is 431 g/mol. The highest BCUT2D eigenvalue weighted by molar-refractivity contribution is 6.32. The quantitative estimate of drug-likeness (QED) is 0.407. The molecule has 5 nitrogen and oxygen atoms in total. The van der Waals surface area contributed by atoms with Crippen molar-refractivity contribution in [2.75, 3.05) is 5.32 Å². The van der Waals surface area contributed by atoms with Gasteiger partial charge in [0.15, 0.2) is 0 Å². The number of nitrogens with zero attached hydrogens (tertiary/aromatic N) is 2. The maximum Gasteiger partial charge on any atom is 0.255 e. The molecule has 0 aliphatic carbocycles. The summed E-state index contributed by atoms with van der Waals surface area (Å²) in [6, 6.07) is 23.0. The van der Waals surface area contributed by atoms with E-state index in [2.05, 4.69) is 10.4 Å². The third-order valence-electron chi connectivity index (χ3n) is 4.78. The van der Waals surface area contributed by atoms with Crippen LogP contribution in [0.3, 0.4) is 0 Å². The van der Waals surface area contributed by atoms with Crippen molar-refractivity contribution in [1.29, 1.82) is 0 Å². The number of aryl methyl sites for hydroxylation is 1. The molecule has 0 saturated carbocycles. The van der Waals surface area contributed by atoms with Crippen LogP contribution in [0.1, 0.15) is 27.0 Å². The van der Waals surface area contributed by atoms with E-state index in [0.717, 1.165) is 16.7 Å². The van der Waals surface area contributed by atoms with Gasteiger partial charge in [0.05, 0.1) is 23.5 Å². The molecule has 0 radical (unpaired) electrons. The second-order valence-electron chi connectivity index (χ2n) is 7.29. The Labute approximate surface area is 186 Å². The standard InChI is InChI=1S/C25H22ClN3O2/c1-18-7-12-23(26)24(13-18)31-17-20-8-10-21(11-9-20)25(30)28-22-14-27-29(16-22)15-19-5-3-2-4-6-19/h2-14,16H,15,17H2,1H3,(H,28,30). The fourth-order valence-electron chi connectivity index (χ4n) is 3.12. The van der Waals surface area contributed by atoms with Gasteiger partial charge >= 0.3 is 0 Å². The minimum atomic E-state index is -0.187. The normalized spacial score (nSPS) is 10.6. The molecule has 0 aliphatic rings. The number of carbonyl (C=O) groups excluding carboxylic acids is 1. The number of rotatable bonds is 7. The van der Waals surface area contributed by atoms with Gasteiger partial charge in [-0.3, -0.25) is 9.48 Å². The fraction of sp³-hybridized carbons (Fsp3) is 0.120. The SMILES string of the molecule is Cc1ccc(Cl)c(OCc2ccc(C(=O)Nc3cnn(Cc4ccccc4)c3)cc2)c1. The first-order valence-electron chi connectivity index (χ1n) is 9.92. The molecule has 0 spiro atoms. The first-order chi connectivity index (χ1) is 15.1. The van der Waals surface area contributed by atoms with Crippen LogP contribution in [0.4, 0.5) is 5.69 Å². The molecule has 0 atom stereocenters. The molecule has 1 N–H and O–H groups in total. The molecule has 4 rings (SSSR count). The summed E-state index contributed by atoms with van der Waals surface area (Å²) in [6.07, 6.45) is 3.47. The highest BCUT2D eigenvalue weighted by atomic mass is 35.5. The van der Waals surface area contributed by atoms with Gasteiger partial charge in [-0.05, 0) is 47.9 Å². The van der Waals surface area contributed by atoms with Crippen LogP contribution in [0.25, 0.3) is 0 Å². The van der Waals surface area contributed by atoms with Crippen molar-refractivity contribution in [3.63, 3.8) is 0 Å². The van der Waals surface area contributed by atoms with Crippen molar-refractivity contribution in [3.8, 4) is 5.75 Å². The van der Waals surface area contributed by atoms with Gasteiger partial charge in [-0.1, -0.05) is 60.1 Å². The van der Waals surface area contributed by atoms with Crippen LogP contribution in [0.15, 0.2) is 85.2 Å². The van der Waals surface area contributed by atoms with Crippen LogP contribution in [-0.2, 0) is 13.2 Å². The van der Waals surface area contributed by atoms with E-state index in [1.54, 1.807) is 23.0 Å². The third kappa shape index (κ3) is 5.53. The Morgan fingerprint density at radius 1 is 1.03 bits per heavy atom. The molecule has 0 aliphatic heterocycles. The van der Waals surface area contributed by atoms with E-state index in [4.69, 9.17) is 16.3 Å². The number of benzene rings is 3. The first kappa shape index (κ1) is 20.7. The molecule has 4 aromatic rings. The van der Waals surface area contributed by atoms with Crippen molar-refractivity contribution in [2.45, 2.75) is 20.1 Å². The number of hydrogen-bond acceptors (Lipinski definition) is 3. The molecule has 1 aromatic heterocycles. The van der Waals surface area contributed by atoms with E-state index in [-0.39, 0.29) is 5.91 Å². The highest BCUT2D eigenvalue weighted by Gasteiger charge is 2.09. The number of carbonyl (C=O) groups is 1. The van der Waals surface area contributed by atoms with Crippen molar-refractivity contribution in [1.82, 2.24) is 9.78 Å². The van der Waals surface area contributed by atoms with E-state index >= 15 is 0 Å². The summed E-state index contributed by atoms with van der Waals surface area (Å²) in [5.41, 5.74) is 4.40. The lowest BCUT2D eigenvalue weighted by Crippen LogP contribution is -2.11. The molecule has 0 fully saturated rings. The maximum absolute atomic E-state index is 12.6. The zero-order valence-corrected chi connectivity index (χ0v) is 17.8. The molecule has 1 heterocycles. The minimum absolute atomic E-state index is 0.187. The molecular weight excluding hydrogens is 410 g/mol. The summed E-state index contributed by atoms with van der Waals surface area (Å²) in [4.78, 5) is 12.6. The van der Waals surface area contributed by atoms with Crippen molar-refractivity contribution in [3.05, 3.63) is 112 Å². The summed E-state index contributed by atoms with van der Waals surface area (Å²) in [5, 5.41) is 7.78. The van der Waals surface area contributed by atoms with Gasteiger partial charge < -0.3 is 10.1 Å². The van der Waals surface area contributed by atoms with Gasteiger partial charge in [0.25, 0.3) is 5.91 Å². The van der Waals surface area contributed by atoms with E-state index in [1.165, 1.54) is 0 Å². The minimum Gasteiger partial charge on any atom is -0.487 e. The van der Waals surface area contributed by atoms with Gasteiger partial charge in [-0.25, -0.2) is 0 Å². The Bertz CT molecular complexity index is 1170. The Hall–Kier alpha value is -3.57. The average Bonchev–Trinajstić information content (AvgIpc) is 3.22. The highest BCUT2D eigenvalue weighted by Crippen LogP contribution is 2.26. The number of halogens is 1. The number of amides is 1. The maximum atomic E-state index is 12.6. The summed E-state index contributed by atoms with van der Waals surface area (Å²) in [7, 11) is 0. The van der Waals surface area contributed by atoms with E-state index < -0.39 is 0 Å². The summed E-state index contributed by atoms with van der Waals surface area (Å²) in [5.74, 6) is 0.462. The topological polar surface area (TPSA) is 56.1 Å². The van der Waals surface area contributed by atoms with Crippen LogP contribution in [0.2, 0.25) is 5.02 Å². The zero-order chi connectivity index (χ0) is 21.6. The molecule has 1 amide bonds. The lowest BCUT2D eigenvalue weighted by atomic mass is 10.1.